The number of hydrogen-bond acceptors (Lipinski definition) is 7. The van der Waals surface area contributed by atoms with Gasteiger partial charge in [-0.1, -0.05) is 12.1 Å². The van der Waals surface area contributed by atoms with E-state index in [-0.39, 0.29) is 11.7 Å². The van der Waals surface area contributed by atoms with Gasteiger partial charge in [0, 0.05) is 12.7 Å². The van der Waals surface area contributed by atoms with Crippen molar-refractivity contribution in [3.05, 3.63) is 29.7 Å². The summed E-state index contributed by atoms with van der Waals surface area (Å²) in [5, 5.41) is 15.2. The Labute approximate surface area is 164 Å². The maximum atomic E-state index is 12.5. The zero-order chi connectivity index (χ0) is 21.8. The summed E-state index contributed by atoms with van der Waals surface area (Å²) < 4.78 is 65.3. The minimum absolute atomic E-state index is 0.136. The number of carboxylic acid groups (broad SMARTS) is 1. The van der Waals surface area contributed by atoms with Crippen LogP contribution in [0, 0.1) is 6.92 Å². The molecule has 1 N–H and O–H groups in total. The van der Waals surface area contributed by atoms with Gasteiger partial charge in [0.1, 0.15) is 0 Å². The largest absolute Gasteiger partial charge is 0.490 e. The van der Waals surface area contributed by atoms with E-state index in [2.05, 4.69) is 15.2 Å². The number of alkyl halides is 3. The first-order chi connectivity index (χ1) is 13.4. The molecule has 2 aromatic heterocycles. The average molecular weight is 439 g/mol. The van der Waals surface area contributed by atoms with E-state index < -0.39 is 22.2 Å². The van der Waals surface area contributed by atoms with Gasteiger partial charge in [0.2, 0.25) is 15.9 Å². The molecule has 29 heavy (non-hydrogen) atoms. The Morgan fingerprint density at radius 2 is 2.03 bits per heavy atom. The lowest BCUT2D eigenvalue weighted by atomic mass is 10.1. The first-order valence-corrected chi connectivity index (χ1v) is 10.1. The van der Waals surface area contributed by atoms with Crippen molar-refractivity contribution in [3.8, 4) is 0 Å². The second kappa shape index (κ2) is 8.90. The number of aliphatic carboxylic acids is 1. The highest BCUT2D eigenvalue weighted by molar-refractivity contribution is 7.89. The highest BCUT2D eigenvalue weighted by atomic mass is 32.2. The second-order valence-corrected chi connectivity index (χ2v) is 8.38. The fraction of sp³-hybridized carbons (Fsp3) is 0.600. The van der Waals surface area contributed by atoms with Crippen molar-refractivity contribution in [1.29, 1.82) is 0 Å². The molecule has 0 aliphatic carbocycles. The molecule has 0 aromatic carbocycles. The summed E-state index contributed by atoms with van der Waals surface area (Å²) >= 11 is 0. The highest BCUT2D eigenvalue weighted by Crippen LogP contribution is 2.25. The second-order valence-electron chi connectivity index (χ2n) is 6.29. The minimum Gasteiger partial charge on any atom is -0.475 e. The predicted octanol–water partition coefficient (Wildman–Crippen LogP) is 1.55. The van der Waals surface area contributed by atoms with E-state index in [1.807, 2.05) is 17.7 Å². The van der Waals surface area contributed by atoms with E-state index in [1.165, 1.54) is 4.31 Å². The topological polar surface area (TPSA) is 131 Å². The van der Waals surface area contributed by atoms with Gasteiger partial charge in [-0.2, -0.15) is 27.6 Å². The summed E-state index contributed by atoms with van der Waals surface area (Å²) in [6, 6.07) is 1.84. The van der Waals surface area contributed by atoms with Gasteiger partial charge in [0.25, 0.3) is 0 Å². The van der Waals surface area contributed by atoms with Gasteiger partial charge in [-0.3, -0.25) is 4.68 Å². The van der Waals surface area contributed by atoms with Crippen LogP contribution >= 0.6 is 0 Å². The zero-order valence-electron chi connectivity index (χ0n) is 15.6. The number of sulfonamides is 1. The third-order valence-electron chi connectivity index (χ3n) is 3.95. The first-order valence-electron chi connectivity index (χ1n) is 8.53. The van der Waals surface area contributed by atoms with Crippen LogP contribution in [0.1, 0.15) is 36.7 Å². The van der Waals surface area contributed by atoms with Crippen LogP contribution in [0.2, 0.25) is 0 Å². The van der Waals surface area contributed by atoms with Crippen LogP contribution < -0.4 is 0 Å². The van der Waals surface area contributed by atoms with Crippen LogP contribution in [-0.4, -0.2) is 62.2 Å². The van der Waals surface area contributed by atoms with Crippen molar-refractivity contribution in [1.82, 2.24) is 24.2 Å². The SMILES string of the molecule is CCCS(=O)(=O)N1Cc2ccnn2CC(c2nc(C)no2)C1.O=C(O)C(F)(F)F. The number of nitrogens with zero attached hydrogens (tertiary/aromatic N) is 5. The molecule has 10 nitrogen and oxygen atoms in total. The predicted molar refractivity (Wildman–Crippen MR) is 92.2 cm³/mol. The number of carboxylic acids is 1. The summed E-state index contributed by atoms with van der Waals surface area (Å²) in [5.74, 6) is -1.82. The quantitative estimate of drug-likeness (QED) is 0.759. The van der Waals surface area contributed by atoms with Crippen LogP contribution in [0.3, 0.4) is 0 Å². The molecule has 0 saturated carbocycles. The number of fused-ring (bicyclic) bond motifs is 1. The molecule has 0 amide bonds. The molecule has 162 valence electrons. The van der Waals surface area contributed by atoms with Crippen LogP contribution in [0.4, 0.5) is 13.2 Å². The summed E-state index contributed by atoms with van der Waals surface area (Å²) in [4.78, 5) is 13.2. The Morgan fingerprint density at radius 1 is 1.38 bits per heavy atom. The van der Waals surface area contributed by atoms with Gasteiger partial charge in [-0.05, 0) is 19.4 Å². The molecule has 0 saturated heterocycles. The van der Waals surface area contributed by atoms with E-state index in [9.17, 15) is 21.6 Å². The molecule has 0 spiro atoms. The van der Waals surface area contributed by atoms with Crippen LogP contribution in [0.15, 0.2) is 16.8 Å². The highest BCUT2D eigenvalue weighted by Gasteiger charge is 2.38. The molecule has 1 aliphatic heterocycles. The monoisotopic (exact) mass is 439 g/mol. The molecular weight excluding hydrogens is 419 g/mol. The lowest BCUT2D eigenvalue weighted by molar-refractivity contribution is -0.192. The number of aromatic nitrogens is 4. The third kappa shape index (κ3) is 6.00. The van der Waals surface area contributed by atoms with Gasteiger partial charge in [-0.25, -0.2) is 13.2 Å². The summed E-state index contributed by atoms with van der Waals surface area (Å²) in [7, 11) is -3.31. The summed E-state index contributed by atoms with van der Waals surface area (Å²) in [6.07, 6.45) is -2.82. The van der Waals surface area contributed by atoms with Crippen LogP contribution in [0.25, 0.3) is 0 Å². The Kier molecular flexibility index (Phi) is 7.00. The fourth-order valence-electron chi connectivity index (χ4n) is 2.65. The molecular formula is C15H20F3N5O5S. The minimum atomic E-state index is -5.08. The van der Waals surface area contributed by atoms with Gasteiger partial charge in [0.05, 0.1) is 30.5 Å². The van der Waals surface area contributed by atoms with E-state index in [4.69, 9.17) is 14.4 Å². The molecule has 1 aliphatic rings. The Hall–Kier alpha value is -2.48. The molecule has 0 bridgehead atoms. The van der Waals surface area contributed by atoms with Gasteiger partial charge in [0.15, 0.2) is 5.82 Å². The van der Waals surface area contributed by atoms with Crippen molar-refractivity contribution in [2.24, 2.45) is 0 Å². The molecule has 2 aromatic rings. The van der Waals surface area contributed by atoms with E-state index in [0.29, 0.717) is 37.8 Å². The molecule has 0 radical (unpaired) electrons. The molecule has 3 heterocycles. The Bertz CT molecular complexity index is 940. The van der Waals surface area contributed by atoms with Crippen LogP contribution in [-0.2, 0) is 27.9 Å². The number of hydrogen-bond donors (Lipinski definition) is 1. The third-order valence-corrected chi connectivity index (χ3v) is 5.94. The fourth-order valence-corrected chi connectivity index (χ4v) is 4.16. The Balaban J connectivity index is 0.000000370. The van der Waals surface area contributed by atoms with Gasteiger partial charge >= 0.3 is 12.1 Å². The van der Waals surface area contributed by atoms with E-state index in [0.717, 1.165) is 5.69 Å². The van der Waals surface area contributed by atoms with Crippen molar-refractivity contribution in [2.75, 3.05) is 12.3 Å². The summed E-state index contributed by atoms with van der Waals surface area (Å²) in [5.41, 5.74) is 0.874. The molecule has 0 fully saturated rings. The van der Waals surface area contributed by atoms with Crippen molar-refractivity contribution >= 4 is 16.0 Å². The average Bonchev–Trinajstić information content (AvgIpc) is 3.18. The van der Waals surface area contributed by atoms with Crippen LogP contribution in [0.5, 0.6) is 0 Å². The normalized spacial score (nSPS) is 17.8. The smallest absolute Gasteiger partial charge is 0.475 e. The van der Waals surface area contributed by atoms with Gasteiger partial charge in [-0.15, -0.1) is 0 Å². The number of aryl methyl sites for hydroxylation is 1. The number of rotatable bonds is 4. The Morgan fingerprint density at radius 3 is 2.55 bits per heavy atom. The van der Waals surface area contributed by atoms with E-state index >= 15 is 0 Å². The lowest BCUT2D eigenvalue weighted by Gasteiger charge is -2.21. The molecule has 3 rings (SSSR count). The van der Waals surface area contributed by atoms with Crippen molar-refractivity contribution < 1.29 is 36.0 Å². The summed E-state index contributed by atoms with van der Waals surface area (Å²) in [6.45, 7) is 4.79. The number of halogens is 3. The lowest BCUT2D eigenvalue weighted by Crippen LogP contribution is -2.35. The first kappa shape index (κ1) is 22.8. The van der Waals surface area contributed by atoms with Crippen molar-refractivity contribution in [2.45, 2.75) is 45.5 Å². The molecule has 1 unspecified atom stereocenters. The maximum Gasteiger partial charge on any atom is 0.490 e. The molecule has 14 heteroatoms. The van der Waals surface area contributed by atoms with Crippen molar-refractivity contribution in [3.63, 3.8) is 0 Å². The standard InChI is InChI=1S/C13H19N5O3S.C2HF3O2/c1-3-6-22(19,20)17-7-11(13-15-10(2)16-21-13)8-18-12(9-17)4-5-14-18;3-2(4,5)1(6)7/h4-5,11H,3,6-9H2,1-2H3;(H,6,7). The van der Waals surface area contributed by atoms with E-state index in [1.54, 1.807) is 13.1 Å². The number of carbonyl (C=O) groups is 1. The zero-order valence-corrected chi connectivity index (χ0v) is 16.4. The maximum absolute atomic E-state index is 12.5. The van der Waals surface area contributed by atoms with Gasteiger partial charge < -0.3 is 9.63 Å². The molecule has 1 atom stereocenters.